The van der Waals surface area contributed by atoms with Gasteiger partial charge in [0.1, 0.15) is 0 Å². The maximum atomic E-state index is 13.7. The third-order valence-electron chi connectivity index (χ3n) is 6.34. The molecular formula is C22H31N5O2. The molecule has 1 unspecified atom stereocenters. The van der Waals surface area contributed by atoms with Crippen molar-refractivity contribution in [3.05, 3.63) is 41.2 Å². The molecule has 2 aliphatic heterocycles. The van der Waals surface area contributed by atoms with E-state index in [4.69, 9.17) is 4.74 Å². The second-order valence-electron chi connectivity index (χ2n) is 9.34. The van der Waals surface area contributed by atoms with Gasteiger partial charge in [-0.2, -0.15) is 0 Å². The van der Waals surface area contributed by atoms with Crippen LogP contribution in [0.2, 0.25) is 0 Å². The van der Waals surface area contributed by atoms with E-state index in [2.05, 4.69) is 67.5 Å². The number of benzene rings is 1. The van der Waals surface area contributed by atoms with Crippen LogP contribution >= 0.6 is 0 Å². The first-order chi connectivity index (χ1) is 13.8. The second kappa shape index (κ2) is 7.52. The van der Waals surface area contributed by atoms with E-state index in [1.807, 2.05) is 9.58 Å². The normalized spacial score (nSPS) is 21.9. The third-order valence-corrected chi connectivity index (χ3v) is 6.34. The highest BCUT2D eigenvalue weighted by molar-refractivity contribution is 5.85. The van der Waals surface area contributed by atoms with Crippen LogP contribution in [0.25, 0.3) is 0 Å². The zero-order valence-corrected chi connectivity index (χ0v) is 17.9. The quantitative estimate of drug-likeness (QED) is 0.792. The standard InChI is InChI=1S/C22H31N5O2/c1-5-16-6-8-17(9-7-16)15-26-18(19-23-24-25-27(19)21(2,3)4)14-22(20(26)28)10-12-29-13-11-22/h6-9,18H,5,10-15H2,1-4H3. The van der Waals surface area contributed by atoms with E-state index >= 15 is 0 Å². The molecule has 0 saturated carbocycles. The third kappa shape index (κ3) is 3.68. The minimum Gasteiger partial charge on any atom is -0.381 e. The van der Waals surface area contributed by atoms with E-state index in [0.29, 0.717) is 19.8 Å². The minimum absolute atomic E-state index is 0.124. The summed E-state index contributed by atoms with van der Waals surface area (Å²) in [6.45, 7) is 10.3. The fourth-order valence-electron chi connectivity index (χ4n) is 4.56. The number of nitrogens with zero attached hydrogens (tertiary/aromatic N) is 5. The summed E-state index contributed by atoms with van der Waals surface area (Å²) in [7, 11) is 0. The number of hydrogen-bond acceptors (Lipinski definition) is 5. The summed E-state index contributed by atoms with van der Waals surface area (Å²) in [5.74, 6) is 0.994. The van der Waals surface area contributed by atoms with Gasteiger partial charge in [0.2, 0.25) is 5.91 Å². The summed E-state index contributed by atoms with van der Waals surface area (Å²) in [5, 5.41) is 12.6. The molecule has 0 bridgehead atoms. The van der Waals surface area contributed by atoms with Gasteiger partial charge in [0.05, 0.1) is 17.0 Å². The van der Waals surface area contributed by atoms with Crippen molar-refractivity contribution in [2.24, 2.45) is 5.41 Å². The van der Waals surface area contributed by atoms with Gasteiger partial charge in [-0.1, -0.05) is 31.2 Å². The molecule has 0 aliphatic carbocycles. The summed E-state index contributed by atoms with van der Waals surface area (Å²) >= 11 is 0. The van der Waals surface area contributed by atoms with Crippen molar-refractivity contribution in [1.82, 2.24) is 25.1 Å². The van der Waals surface area contributed by atoms with E-state index in [1.165, 1.54) is 5.56 Å². The van der Waals surface area contributed by atoms with Crippen LogP contribution in [0.15, 0.2) is 24.3 Å². The Labute approximate surface area is 172 Å². The predicted octanol–water partition coefficient (Wildman–Crippen LogP) is 3.26. The highest BCUT2D eigenvalue weighted by atomic mass is 16.5. The Balaban J connectivity index is 1.70. The molecule has 29 heavy (non-hydrogen) atoms. The Hall–Kier alpha value is -2.28. The van der Waals surface area contributed by atoms with Gasteiger partial charge >= 0.3 is 0 Å². The number of rotatable bonds is 4. The number of aromatic nitrogens is 4. The number of tetrazole rings is 1. The SMILES string of the molecule is CCc1ccc(CN2C(=O)C3(CCOCC3)CC2c2nnnn2C(C)(C)C)cc1. The topological polar surface area (TPSA) is 73.1 Å². The average molecular weight is 398 g/mol. The van der Waals surface area contributed by atoms with E-state index in [1.54, 1.807) is 0 Å². The maximum Gasteiger partial charge on any atom is 0.229 e. The van der Waals surface area contributed by atoms with Gasteiger partial charge < -0.3 is 9.64 Å². The van der Waals surface area contributed by atoms with Crippen LogP contribution < -0.4 is 0 Å². The fourth-order valence-corrected chi connectivity index (χ4v) is 4.56. The molecule has 1 aromatic carbocycles. The second-order valence-corrected chi connectivity index (χ2v) is 9.34. The zero-order valence-electron chi connectivity index (χ0n) is 17.9. The molecule has 0 N–H and O–H groups in total. The predicted molar refractivity (Wildman–Crippen MR) is 109 cm³/mol. The summed E-state index contributed by atoms with van der Waals surface area (Å²) in [5.41, 5.74) is 1.83. The molecule has 1 aromatic heterocycles. The van der Waals surface area contributed by atoms with Gasteiger partial charge in [-0.3, -0.25) is 4.79 Å². The summed E-state index contributed by atoms with van der Waals surface area (Å²) < 4.78 is 7.44. The molecule has 2 fully saturated rings. The number of aryl methyl sites for hydroxylation is 1. The lowest BCUT2D eigenvalue weighted by Crippen LogP contribution is -2.39. The Morgan fingerprint density at radius 3 is 2.41 bits per heavy atom. The number of carbonyl (C=O) groups excluding carboxylic acids is 1. The molecule has 0 radical (unpaired) electrons. The lowest BCUT2D eigenvalue weighted by Gasteiger charge is -2.31. The number of likely N-dealkylation sites (tertiary alicyclic amines) is 1. The highest BCUT2D eigenvalue weighted by Gasteiger charge is 2.54. The molecule has 2 aromatic rings. The molecule has 2 saturated heterocycles. The van der Waals surface area contributed by atoms with Crippen LogP contribution in [0, 0.1) is 5.41 Å². The highest BCUT2D eigenvalue weighted by Crippen LogP contribution is 2.50. The summed E-state index contributed by atoms with van der Waals surface area (Å²) in [6, 6.07) is 8.43. The Bertz CT molecular complexity index is 862. The van der Waals surface area contributed by atoms with Crippen LogP contribution in [0.3, 0.4) is 0 Å². The van der Waals surface area contributed by atoms with E-state index in [9.17, 15) is 4.79 Å². The van der Waals surface area contributed by atoms with Crippen molar-refractivity contribution in [2.45, 2.75) is 71.5 Å². The first-order valence-corrected chi connectivity index (χ1v) is 10.6. The first-order valence-electron chi connectivity index (χ1n) is 10.6. The van der Waals surface area contributed by atoms with Crippen LogP contribution in [-0.4, -0.2) is 44.2 Å². The molecular weight excluding hydrogens is 366 g/mol. The Kier molecular flexibility index (Phi) is 5.19. The smallest absolute Gasteiger partial charge is 0.229 e. The van der Waals surface area contributed by atoms with Crippen LogP contribution in [0.5, 0.6) is 0 Å². The van der Waals surface area contributed by atoms with E-state index in [0.717, 1.165) is 37.1 Å². The van der Waals surface area contributed by atoms with Gasteiger partial charge in [0.25, 0.3) is 0 Å². The van der Waals surface area contributed by atoms with Crippen molar-refractivity contribution >= 4 is 5.91 Å². The largest absolute Gasteiger partial charge is 0.381 e. The number of hydrogen-bond donors (Lipinski definition) is 0. The van der Waals surface area contributed by atoms with Gasteiger partial charge in [0, 0.05) is 19.8 Å². The van der Waals surface area contributed by atoms with Crippen molar-refractivity contribution in [2.75, 3.05) is 13.2 Å². The summed E-state index contributed by atoms with van der Waals surface area (Å²) in [4.78, 5) is 15.7. The molecule has 3 heterocycles. The molecule has 7 heteroatoms. The minimum atomic E-state index is -0.360. The lowest BCUT2D eigenvalue weighted by atomic mass is 9.77. The first kappa shape index (κ1) is 20.0. The van der Waals surface area contributed by atoms with Crippen molar-refractivity contribution in [3.63, 3.8) is 0 Å². The van der Waals surface area contributed by atoms with Gasteiger partial charge in [-0.25, -0.2) is 4.68 Å². The Morgan fingerprint density at radius 2 is 1.79 bits per heavy atom. The zero-order chi connectivity index (χ0) is 20.6. The van der Waals surface area contributed by atoms with Crippen molar-refractivity contribution in [1.29, 1.82) is 0 Å². The maximum absolute atomic E-state index is 13.7. The number of carbonyl (C=O) groups is 1. The van der Waals surface area contributed by atoms with Crippen LogP contribution in [-0.2, 0) is 28.0 Å². The van der Waals surface area contributed by atoms with Crippen molar-refractivity contribution < 1.29 is 9.53 Å². The van der Waals surface area contributed by atoms with Gasteiger partial charge in [-0.15, -0.1) is 5.10 Å². The lowest BCUT2D eigenvalue weighted by molar-refractivity contribution is -0.141. The van der Waals surface area contributed by atoms with Crippen LogP contribution in [0.4, 0.5) is 0 Å². The molecule has 1 spiro atoms. The van der Waals surface area contributed by atoms with Crippen LogP contribution in [0.1, 0.15) is 70.0 Å². The monoisotopic (exact) mass is 397 g/mol. The fraction of sp³-hybridized carbons (Fsp3) is 0.636. The molecule has 156 valence electrons. The molecule has 7 nitrogen and oxygen atoms in total. The van der Waals surface area contributed by atoms with Gasteiger partial charge in [0.15, 0.2) is 5.82 Å². The Morgan fingerprint density at radius 1 is 1.14 bits per heavy atom. The van der Waals surface area contributed by atoms with E-state index in [-0.39, 0.29) is 22.9 Å². The van der Waals surface area contributed by atoms with E-state index < -0.39 is 0 Å². The average Bonchev–Trinajstić information content (AvgIpc) is 3.29. The number of amides is 1. The molecule has 1 amide bonds. The summed E-state index contributed by atoms with van der Waals surface area (Å²) in [6.07, 6.45) is 3.29. The molecule has 4 rings (SSSR count). The van der Waals surface area contributed by atoms with Gasteiger partial charge in [-0.05, 0) is 68.0 Å². The van der Waals surface area contributed by atoms with Crippen molar-refractivity contribution in [3.8, 4) is 0 Å². The molecule has 2 aliphatic rings. The number of ether oxygens (including phenoxy) is 1. The molecule has 1 atom stereocenters.